The van der Waals surface area contributed by atoms with Crippen molar-refractivity contribution < 1.29 is 13.9 Å². The zero-order valence-electron chi connectivity index (χ0n) is 7.44. The highest BCUT2D eigenvalue weighted by Gasteiger charge is 2.34. The van der Waals surface area contributed by atoms with Gasteiger partial charge in [0.15, 0.2) is 0 Å². The Morgan fingerprint density at radius 2 is 2.21 bits per heavy atom. The van der Waals surface area contributed by atoms with Crippen LogP contribution in [-0.2, 0) is 4.74 Å². The van der Waals surface area contributed by atoms with E-state index >= 15 is 0 Å². The summed E-state index contributed by atoms with van der Waals surface area (Å²) < 4.78 is 23.6. The van der Waals surface area contributed by atoms with Crippen molar-refractivity contribution in [3.8, 4) is 5.75 Å². The largest absolute Gasteiger partial charge is 0.483 e. The summed E-state index contributed by atoms with van der Waals surface area (Å²) in [6.45, 7) is 0.755. The Bertz CT molecular complexity index is 396. The Morgan fingerprint density at radius 3 is 3.00 bits per heavy atom. The van der Waals surface area contributed by atoms with Crippen LogP contribution in [0.1, 0.15) is 5.56 Å². The summed E-state index contributed by atoms with van der Waals surface area (Å²) in [5, 5.41) is 0. The lowest BCUT2D eigenvalue weighted by Gasteiger charge is -2.19. The van der Waals surface area contributed by atoms with Crippen LogP contribution in [0, 0.1) is 5.82 Å². The third kappa shape index (κ3) is 1.30. The van der Waals surface area contributed by atoms with Crippen molar-refractivity contribution in [2.75, 3.05) is 6.61 Å². The molecule has 2 aliphatic heterocycles. The van der Waals surface area contributed by atoms with Gasteiger partial charge in [0.25, 0.3) is 0 Å². The van der Waals surface area contributed by atoms with E-state index in [0.29, 0.717) is 0 Å². The lowest BCUT2D eigenvalue weighted by Crippen LogP contribution is -2.22. The monoisotopic (exact) mass is 192 g/mol. The number of benzene rings is 1. The van der Waals surface area contributed by atoms with Gasteiger partial charge in [0.05, 0.1) is 6.61 Å². The molecule has 1 aromatic carbocycles. The molecule has 72 valence electrons. The Labute approximate surface area is 80.9 Å². The van der Waals surface area contributed by atoms with Crippen molar-refractivity contribution in [2.45, 2.75) is 12.2 Å². The van der Waals surface area contributed by atoms with Crippen LogP contribution in [0.25, 0.3) is 6.08 Å². The summed E-state index contributed by atoms with van der Waals surface area (Å²) in [6, 6.07) is 4.53. The molecule has 0 saturated carbocycles. The standard InChI is InChI=1S/C11H9FO2/c12-8-2-4-9-7(5-8)1-3-10(14-9)11-6-13-11/h1-5,10-11H,6H2/t10-,11+/m0/s1. The topological polar surface area (TPSA) is 21.8 Å². The molecule has 0 bridgehead atoms. The maximum Gasteiger partial charge on any atom is 0.146 e. The maximum absolute atomic E-state index is 12.8. The molecular formula is C11H9FO2. The minimum Gasteiger partial charge on any atom is -0.483 e. The quantitative estimate of drug-likeness (QED) is 0.635. The van der Waals surface area contributed by atoms with Gasteiger partial charge in [-0.25, -0.2) is 4.39 Å². The van der Waals surface area contributed by atoms with Gasteiger partial charge in [-0.2, -0.15) is 0 Å². The minimum atomic E-state index is -0.238. The summed E-state index contributed by atoms with van der Waals surface area (Å²) in [5.41, 5.74) is 0.793. The van der Waals surface area contributed by atoms with Gasteiger partial charge in [0.1, 0.15) is 23.8 Å². The first kappa shape index (κ1) is 8.00. The smallest absolute Gasteiger partial charge is 0.146 e. The van der Waals surface area contributed by atoms with Crippen molar-refractivity contribution >= 4 is 6.08 Å². The summed E-state index contributed by atoms with van der Waals surface area (Å²) in [6.07, 6.45) is 3.98. The van der Waals surface area contributed by atoms with E-state index < -0.39 is 0 Å². The maximum atomic E-state index is 12.8. The number of halogens is 1. The van der Waals surface area contributed by atoms with E-state index in [0.717, 1.165) is 17.9 Å². The van der Waals surface area contributed by atoms with Crippen LogP contribution in [0.3, 0.4) is 0 Å². The third-order valence-corrected chi connectivity index (χ3v) is 2.43. The van der Waals surface area contributed by atoms with Crippen molar-refractivity contribution in [2.24, 2.45) is 0 Å². The molecule has 0 N–H and O–H groups in total. The first-order chi connectivity index (χ1) is 6.83. The molecule has 1 fully saturated rings. The van der Waals surface area contributed by atoms with Crippen LogP contribution in [0.5, 0.6) is 5.75 Å². The summed E-state index contributed by atoms with van der Waals surface area (Å²) in [7, 11) is 0. The van der Waals surface area contributed by atoms with Gasteiger partial charge in [-0.1, -0.05) is 6.08 Å². The van der Waals surface area contributed by atoms with Crippen LogP contribution < -0.4 is 4.74 Å². The van der Waals surface area contributed by atoms with Crippen molar-refractivity contribution in [3.05, 3.63) is 35.7 Å². The highest BCUT2D eigenvalue weighted by atomic mass is 19.1. The normalized spacial score (nSPS) is 28.1. The first-order valence-corrected chi connectivity index (χ1v) is 4.59. The molecule has 0 unspecified atom stereocenters. The molecule has 14 heavy (non-hydrogen) atoms. The number of fused-ring (bicyclic) bond motifs is 1. The number of hydrogen-bond donors (Lipinski definition) is 0. The second kappa shape index (κ2) is 2.82. The molecule has 0 radical (unpaired) electrons. The average molecular weight is 192 g/mol. The van der Waals surface area contributed by atoms with Crippen LogP contribution in [0.2, 0.25) is 0 Å². The highest BCUT2D eigenvalue weighted by molar-refractivity contribution is 5.60. The zero-order valence-corrected chi connectivity index (χ0v) is 7.44. The predicted molar refractivity (Wildman–Crippen MR) is 49.6 cm³/mol. The van der Waals surface area contributed by atoms with Gasteiger partial charge in [-0.05, 0) is 24.3 Å². The molecule has 0 spiro atoms. The fourth-order valence-corrected chi connectivity index (χ4v) is 1.59. The summed E-state index contributed by atoms with van der Waals surface area (Å²) in [5.74, 6) is 0.493. The Morgan fingerprint density at radius 1 is 1.36 bits per heavy atom. The number of epoxide rings is 1. The Hall–Kier alpha value is -1.35. The third-order valence-electron chi connectivity index (χ3n) is 2.43. The lowest BCUT2D eigenvalue weighted by atomic mass is 10.1. The van der Waals surface area contributed by atoms with Crippen LogP contribution in [-0.4, -0.2) is 18.8 Å². The molecule has 2 aliphatic rings. The molecule has 3 heteroatoms. The van der Waals surface area contributed by atoms with Gasteiger partial charge in [0, 0.05) is 5.56 Å². The fraction of sp³-hybridized carbons (Fsp3) is 0.273. The van der Waals surface area contributed by atoms with Gasteiger partial charge in [-0.3, -0.25) is 0 Å². The molecule has 2 nitrogen and oxygen atoms in total. The number of ether oxygens (including phenoxy) is 2. The zero-order chi connectivity index (χ0) is 9.54. The molecule has 0 aliphatic carbocycles. The number of hydrogen-bond acceptors (Lipinski definition) is 2. The molecule has 0 amide bonds. The minimum absolute atomic E-state index is 0.00652. The van der Waals surface area contributed by atoms with E-state index in [1.54, 1.807) is 6.07 Å². The lowest BCUT2D eigenvalue weighted by molar-refractivity contribution is 0.197. The summed E-state index contributed by atoms with van der Waals surface area (Å²) in [4.78, 5) is 0. The van der Waals surface area contributed by atoms with E-state index in [4.69, 9.17) is 9.47 Å². The molecule has 2 heterocycles. The SMILES string of the molecule is Fc1ccc2c(c1)C=C[C@@H]([C@H]1CO1)O2. The van der Waals surface area contributed by atoms with E-state index in [9.17, 15) is 4.39 Å². The van der Waals surface area contributed by atoms with Crippen LogP contribution in [0.4, 0.5) is 4.39 Å². The number of rotatable bonds is 1. The molecule has 1 saturated heterocycles. The van der Waals surface area contributed by atoms with E-state index in [-0.39, 0.29) is 18.0 Å². The van der Waals surface area contributed by atoms with Gasteiger partial charge in [0.2, 0.25) is 0 Å². The van der Waals surface area contributed by atoms with Gasteiger partial charge >= 0.3 is 0 Å². The second-order valence-electron chi connectivity index (χ2n) is 3.50. The van der Waals surface area contributed by atoms with Gasteiger partial charge < -0.3 is 9.47 Å². The molecular weight excluding hydrogens is 183 g/mol. The molecule has 1 aromatic rings. The van der Waals surface area contributed by atoms with E-state index in [1.165, 1.54) is 12.1 Å². The van der Waals surface area contributed by atoms with Crippen molar-refractivity contribution in [1.82, 2.24) is 0 Å². The Balaban J connectivity index is 1.93. The van der Waals surface area contributed by atoms with Gasteiger partial charge in [-0.15, -0.1) is 0 Å². The second-order valence-corrected chi connectivity index (χ2v) is 3.50. The van der Waals surface area contributed by atoms with E-state index in [2.05, 4.69) is 0 Å². The summed E-state index contributed by atoms with van der Waals surface area (Å²) >= 11 is 0. The van der Waals surface area contributed by atoms with Crippen molar-refractivity contribution in [1.29, 1.82) is 0 Å². The predicted octanol–water partition coefficient (Wildman–Crippen LogP) is 2.00. The van der Waals surface area contributed by atoms with Crippen LogP contribution >= 0.6 is 0 Å². The molecule has 3 rings (SSSR count). The molecule has 0 aromatic heterocycles. The Kier molecular flexibility index (Phi) is 1.61. The van der Waals surface area contributed by atoms with E-state index in [1.807, 2.05) is 12.2 Å². The van der Waals surface area contributed by atoms with Crippen molar-refractivity contribution in [3.63, 3.8) is 0 Å². The fourth-order valence-electron chi connectivity index (χ4n) is 1.59. The molecule has 2 atom stereocenters. The highest BCUT2D eigenvalue weighted by Crippen LogP contribution is 2.30. The van der Waals surface area contributed by atoms with Crippen LogP contribution in [0.15, 0.2) is 24.3 Å². The first-order valence-electron chi connectivity index (χ1n) is 4.59. The average Bonchev–Trinajstić information content (AvgIpc) is 3.00.